The molecule has 1 aliphatic rings. The van der Waals surface area contributed by atoms with Gasteiger partial charge in [0.15, 0.2) is 11.5 Å². The number of hydrogen-bond donors (Lipinski definition) is 2. The highest BCUT2D eigenvalue weighted by molar-refractivity contribution is 6.00. The molecule has 0 aromatic heterocycles. The molecule has 0 saturated carbocycles. The number of ether oxygens (including phenoxy) is 2. The van der Waals surface area contributed by atoms with Crippen LogP contribution in [0.5, 0.6) is 11.5 Å². The first-order chi connectivity index (χ1) is 8.99. The highest BCUT2D eigenvalue weighted by atomic mass is 16.7. The van der Waals surface area contributed by atoms with Crippen LogP contribution >= 0.6 is 0 Å². The van der Waals surface area contributed by atoms with Crippen LogP contribution in [0.3, 0.4) is 0 Å². The van der Waals surface area contributed by atoms with Gasteiger partial charge in [0.05, 0.1) is 5.56 Å². The molecule has 6 heteroatoms. The molecular weight excluding hydrogens is 246 g/mol. The van der Waals surface area contributed by atoms with Crippen LogP contribution < -0.4 is 20.5 Å². The Bertz CT molecular complexity index is 488. The average molecular weight is 265 g/mol. The maximum atomic E-state index is 12.1. The molecule has 2 rings (SSSR count). The van der Waals surface area contributed by atoms with E-state index in [0.717, 1.165) is 0 Å². The van der Waals surface area contributed by atoms with Crippen LogP contribution in [-0.2, 0) is 0 Å². The third-order valence-corrected chi connectivity index (χ3v) is 3.23. The second-order valence-electron chi connectivity index (χ2n) is 4.82. The Hall–Kier alpha value is -1.95. The molecule has 1 aromatic rings. The third kappa shape index (κ3) is 2.90. The van der Waals surface area contributed by atoms with Crippen LogP contribution in [0.1, 0.15) is 17.3 Å². The zero-order valence-corrected chi connectivity index (χ0v) is 11.4. The number of carbonyl (C=O) groups excluding carboxylic acids is 1. The number of likely N-dealkylation sites (N-methyl/N-ethyl adjacent to an activating group) is 1. The lowest BCUT2D eigenvalue weighted by Crippen LogP contribution is -2.38. The fraction of sp³-hybridized carbons (Fsp3) is 0.462. The topological polar surface area (TPSA) is 76.8 Å². The van der Waals surface area contributed by atoms with E-state index in [-0.39, 0.29) is 18.7 Å². The lowest BCUT2D eigenvalue weighted by atomic mass is 10.1. The van der Waals surface area contributed by atoms with Gasteiger partial charge >= 0.3 is 0 Å². The van der Waals surface area contributed by atoms with Gasteiger partial charge < -0.3 is 25.4 Å². The zero-order valence-electron chi connectivity index (χ0n) is 11.4. The van der Waals surface area contributed by atoms with Crippen molar-refractivity contribution in [1.29, 1.82) is 0 Å². The van der Waals surface area contributed by atoms with Crippen LogP contribution in [-0.4, -0.2) is 44.3 Å². The van der Waals surface area contributed by atoms with E-state index in [4.69, 9.17) is 15.2 Å². The van der Waals surface area contributed by atoms with E-state index in [1.807, 2.05) is 25.9 Å². The maximum absolute atomic E-state index is 12.1. The standard InChI is InChI=1S/C13H19N3O3/c1-8(16(2)3)6-15-13(17)9-4-11-12(5-10(9)14)19-7-18-11/h4-5,8H,6-7,14H2,1-3H3,(H,15,17). The SMILES string of the molecule is CC(CNC(=O)c1cc2c(cc1N)OCO2)N(C)C. The first kappa shape index (κ1) is 13.5. The fourth-order valence-electron chi connectivity index (χ4n) is 1.67. The number of fused-ring (bicyclic) bond motifs is 1. The molecule has 0 radical (unpaired) electrons. The van der Waals surface area contributed by atoms with Crippen molar-refractivity contribution < 1.29 is 14.3 Å². The van der Waals surface area contributed by atoms with Gasteiger partial charge in [0.2, 0.25) is 6.79 Å². The predicted molar refractivity (Wildman–Crippen MR) is 72.5 cm³/mol. The van der Waals surface area contributed by atoms with E-state index in [9.17, 15) is 4.79 Å². The minimum atomic E-state index is -0.204. The largest absolute Gasteiger partial charge is 0.454 e. The third-order valence-electron chi connectivity index (χ3n) is 3.23. The Balaban J connectivity index is 2.07. The van der Waals surface area contributed by atoms with Gasteiger partial charge in [0, 0.05) is 24.3 Å². The molecule has 0 spiro atoms. The molecular formula is C13H19N3O3. The summed E-state index contributed by atoms with van der Waals surface area (Å²) >= 11 is 0. The van der Waals surface area contributed by atoms with Gasteiger partial charge in [-0.25, -0.2) is 0 Å². The number of rotatable bonds is 4. The molecule has 19 heavy (non-hydrogen) atoms. The van der Waals surface area contributed by atoms with Gasteiger partial charge in [-0.05, 0) is 27.1 Å². The summed E-state index contributed by atoms with van der Waals surface area (Å²) in [5.41, 5.74) is 6.65. The Morgan fingerprint density at radius 2 is 2.05 bits per heavy atom. The normalized spacial score (nSPS) is 14.5. The molecule has 0 bridgehead atoms. The maximum Gasteiger partial charge on any atom is 0.253 e. The molecule has 1 aliphatic heterocycles. The van der Waals surface area contributed by atoms with Crippen molar-refractivity contribution in [3.63, 3.8) is 0 Å². The molecule has 0 saturated heterocycles. The summed E-state index contributed by atoms with van der Waals surface area (Å²) in [5, 5.41) is 2.86. The summed E-state index contributed by atoms with van der Waals surface area (Å²) in [6.45, 7) is 2.75. The van der Waals surface area contributed by atoms with Gasteiger partial charge in [-0.1, -0.05) is 0 Å². The zero-order chi connectivity index (χ0) is 14.0. The number of nitrogen functional groups attached to an aromatic ring is 1. The molecule has 104 valence electrons. The van der Waals surface area contributed by atoms with Gasteiger partial charge in [-0.2, -0.15) is 0 Å². The second kappa shape index (κ2) is 5.36. The highest BCUT2D eigenvalue weighted by Gasteiger charge is 2.20. The quantitative estimate of drug-likeness (QED) is 0.783. The van der Waals surface area contributed by atoms with E-state index in [1.165, 1.54) is 0 Å². The number of nitrogens with zero attached hydrogens (tertiary/aromatic N) is 1. The molecule has 0 aliphatic carbocycles. The summed E-state index contributed by atoms with van der Waals surface area (Å²) in [6.07, 6.45) is 0. The van der Waals surface area contributed by atoms with Gasteiger partial charge in [0.1, 0.15) is 0 Å². The molecule has 1 heterocycles. The molecule has 0 fully saturated rings. The van der Waals surface area contributed by atoms with Crippen LogP contribution in [0.25, 0.3) is 0 Å². The van der Waals surface area contributed by atoms with Crippen LogP contribution in [0, 0.1) is 0 Å². The van der Waals surface area contributed by atoms with E-state index < -0.39 is 0 Å². The summed E-state index contributed by atoms with van der Waals surface area (Å²) in [4.78, 5) is 14.1. The van der Waals surface area contributed by atoms with Crippen molar-refractivity contribution in [2.45, 2.75) is 13.0 Å². The number of nitrogens with one attached hydrogen (secondary N) is 1. The summed E-state index contributed by atoms with van der Waals surface area (Å²) in [6, 6.07) is 3.49. The monoisotopic (exact) mass is 265 g/mol. The molecule has 1 aromatic carbocycles. The molecule has 1 unspecified atom stereocenters. The van der Waals surface area contributed by atoms with Crippen molar-refractivity contribution in [2.75, 3.05) is 33.2 Å². The summed E-state index contributed by atoms with van der Waals surface area (Å²) < 4.78 is 10.4. The Morgan fingerprint density at radius 1 is 1.42 bits per heavy atom. The fourth-order valence-corrected chi connectivity index (χ4v) is 1.67. The van der Waals surface area contributed by atoms with E-state index in [2.05, 4.69) is 5.32 Å². The molecule has 1 amide bonds. The summed E-state index contributed by atoms with van der Waals surface area (Å²) in [7, 11) is 3.93. The van der Waals surface area contributed by atoms with Crippen LogP contribution in [0.2, 0.25) is 0 Å². The smallest absolute Gasteiger partial charge is 0.253 e. The number of carbonyl (C=O) groups is 1. The lowest BCUT2D eigenvalue weighted by molar-refractivity contribution is 0.0944. The van der Waals surface area contributed by atoms with Crippen LogP contribution in [0.4, 0.5) is 5.69 Å². The number of anilines is 1. The number of hydrogen-bond acceptors (Lipinski definition) is 5. The first-order valence-corrected chi connectivity index (χ1v) is 6.12. The lowest BCUT2D eigenvalue weighted by Gasteiger charge is -2.20. The van der Waals surface area contributed by atoms with Crippen molar-refractivity contribution in [3.05, 3.63) is 17.7 Å². The van der Waals surface area contributed by atoms with Crippen molar-refractivity contribution in [2.24, 2.45) is 0 Å². The van der Waals surface area contributed by atoms with Crippen molar-refractivity contribution in [3.8, 4) is 11.5 Å². The summed E-state index contributed by atoms with van der Waals surface area (Å²) in [5.74, 6) is 0.931. The molecule has 6 nitrogen and oxygen atoms in total. The predicted octanol–water partition coefficient (Wildman–Crippen LogP) is 0.677. The van der Waals surface area contributed by atoms with E-state index >= 15 is 0 Å². The van der Waals surface area contributed by atoms with Gasteiger partial charge in [0.25, 0.3) is 5.91 Å². The van der Waals surface area contributed by atoms with Gasteiger partial charge in [-0.15, -0.1) is 0 Å². The van der Waals surface area contributed by atoms with Crippen molar-refractivity contribution in [1.82, 2.24) is 10.2 Å². The Kier molecular flexibility index (Phi) is 3.80. The number of benzene rings is 1. The molecule has 3 N–H and O–H groups in total. The van der Waals surface area contributed by atoms with Gasteiger partial charge in [-0.3, -0.25) is 4.79 Å². The highest BCUT2D eigenvalue weighted by Crippen LogP contribution is 2.35. The molecule has 1 atom stereocenters. The minimum absolute atomic E-state index is 0.164. The van der Waals surface area contributed by atoms with Crippen LogP contribution in [0.15, 0.2) is 12.1 Å². The second-order valence-corrected chi connectivity index (χ2v) is 4.82. The van der Waals surface area contributed by atoms with E-state index in [0.29, 0.717) is 29.3 Å². The average Bonchev–Trinajstić information content (AvgIpc) is 2.81. The minimum Gasteiger partial charge on any atom is -0.454 e. The van der Waals surface area contributed by atoms with Crippen molar-refractivity contribution >= 4 is 11.6 Å². The first-order valence-electron chi connectivity index (χ1n) is 6.12. The Labute approximate surface area is 112 Å². The number of amides is 1. The Morgan fingerprint density at radius 3 is 2.68 bits per heavy atom. The van der Waals surface area contributed by atoms with E-state index in [1.54, 1.807) is 12.1 Å². The number of nitrogens with two attached hydrogens (primary N) is 1.